The van der Waals surface area contributed by atoms with Crippen molar-refractivity contribution in [3.63, 3.8) is 0 Å². The molecule has 29 heavy (non-hydrogen) atoms. The number of H-pyrrole nitrogens is 1. The number of aromatic nitrogens is 4. The quantitative estimate of drug-likeness (QED) is 0.551. The number of carbonyl (C=O) groups is 1. The highest BCUT2D eigenvalue weighted by Crippen LogP contribution is 2.40. The summed E-state index contributed by atoms with van der Waals surface area (Å²) in [6.45, 7) is 6.52. The fraction of sp³-hybridized carbons (Fsp3) is 0.364. The van der Waals surface area contributed by atoms with Gasteiger partial charge in [0.2, 0.25) is 11.7 Å². The molecule has 0 bridgehead atoms. The van der Waals surface area contributed by atoms with Gasteiger partial charge in [-0.25, -0.2) is 0 Å². The molecule has 4 rings (SSSR count). The molecule has 1 heterocycles. The van der Waals surface area contributed by atoms with E-state index < -0.39 is 0 Å². The predicted molar refractivity (Wildman–Crippen MR) is 117 cm³/mol. The van der Waals surface area contributed by atoms with Crippen molar-refractivity contribution >= 4 is 23.4 Å². The second-order valence-corrected chi connectivity index (χ2v) is 10.3. The first kappa shape index (κ1) is 19.6. The fourth-order valence-corrected chi connectivity index (χ4v) is 4.22. The smallest absolute Gasteiger partial charge is 0.224 e. The van der Waals surface area contributed by atoms with Gasteiger partial charge in [0, 0.05) is 21.6 Å². The van der Waals surface area contributed by atoms with Crippen LogP contribution in [0.15, 0.2) is 47.4 Å². The summed E-state index contributed by atoms with van der Waals surface area (Å²) in [5, 5.41) is 17.6. The van der Waals surface area contributed by atoms with Crippen LogP contribution in [0.4, 0.5) is 5.69 Å². The standard InChI is InChI=1S/C22H25N5OS/c1-22(2,3)29-19-11-10-15(13-18(19)23-20(28)12-14-8-9-14)16-6-4-5-7-17(16)21-24-26-27-25-21/h4-7,10-11,13-14H,8-9,12H2,1-3H3,(H,23,28)(H,24,25,26,27). The Balaban J connectivity index is 1.71. The van der Waals surface area contributed by atoms with E-state index in [9.17, 15) is 4.79 Å². The van der Waals surface area contributed by atoms with E-state index in [1.165, 1.54) is 0 Å². The number of amides is 1. The van der Waals surface area contributed by atoms with Crippen LogP contribution in [0, 0.1) is 5.92 Å². The second-order valence-electron chi connectivity index (χ2n) is 8.40. The Labute approximate surface area is 174 Å². The highest BCUT2D eigenvalue weighted by Gasteiger charge is 2.25. The van der Waals surface area contributed by atoms with Gasteiger partial charge in [-0.05, 0) is 47.2 Å². The summed E-state index contributed by atoms with van der Waals surface area (Å²) < 4.78 is 0.0417. The van der Waals surface area contributed by atoms with Gasteiger partial charge in [0.1, 0.15) is 0 Å². The zero-order valence-corrected chi connectivity index (χ0v) is 17.7. The van der Waals surface area contributed by atoms with E-state index in [4.69, 9.17) is 0 Å². The average Bonchev–Trinajstić information content (AvgIpc) is 3.30. The van der Waals surface area contributed by atoms with Gasteiger partial charge < -0.3 is 5.32 Å². The number of thioether (sulfide) groups is 1. The summed E-state index contributed by atoms with van der Waals surface area (Å²) in [5.74, 6) is 1.19. The molecule has 6 nitrogen and oxygen atoms in total. The minimum atomic E-state index is 0.0417. The van der Waals surface area contributed by atoms with Crippen molar-refractivity contribution in [1.29, 1.82) is 0 Å². The summed E-state index contributed by atoms with van der Waals surface area (Å²) in [4.78, 5) is 13.6. The van der Waals surface area contributed by atoms with Crippen molar-refractivity contribution in [2.24, 2.45) is 5.92 Å². The third kappa shape index (κ3) is 5.03. The topological polar surface area (TPSA) is 83.6 Å². The highest BCUT2D eigenvalue weighted by atomic mass is 32.2. The minimum Gasteiger partial charge on any atom is -0.325 e. The first-order chi connectivity index (χ1) is 13.9. The van der Waals surface area contributed by atoms with E-state index in [2.05, 4.69) is 64.9 Å². The Morgan fingerprint density at radius 3 is 2.59 bits per heavy atom. The lowest BCUT2D eigenvalue weighted by Gasteiger charge is -2.21. The van der Waals surface area contributed by atoms with Crippen molar-refractivity contribution in [3.8, 4) is 22.5 Å². The second kappa shape index (κ2) is 7.99. The van der Waals surface area contributed by atoms with Gasteiger partial charge in [0.15, 0.2) is 0 Å². The number of aromatic amines is 1. The maximum Gasteiger partial charge on any atom is 0.224 e. The molecule has 1 aliphatic carbocycles. The van der Waals surface area contributed by atoms with Crippen molar-refractivity contribution in [2.75, 3.05) is 5.32 Å². The lowest BCUT2D eigenvalue weighted by molar-refractivity contribution is -0.116. The molecule has 1 aromatic heterocycles. The number of tetrazole rings is 1. The Kier molecular flexibility index (Phi) is 5.41. The van der Waals surface area contributed by atoms with Crippen LogP contribution in [0.3, 0.4) is 0 Å². The van der Waals surface area contributed by atoms with Gasteiger partial charge in [0.25, 0.3) is 0 Å². The normalized spacial score (nSPS) is 14.0. The zero-order chi connectivity index (χ0) is 20.4. The number of benzene rings is 2. The van der Waals surface area contributed by atoms with E-state index in [1.54, 1.807) is 11.8 Å². The number of carbonyl (C=O) groups excluding carboxylic acids is 1. The van der Waals surface area contributed by atoms with E-state index in [0.717, 1.165) is 40.1 Å². The van der Waals surface area contributed by atoms with Gasteiger partial charge in [-0.1, -0.05) is 51.1 Å². The maximum absolute atomic E-state index is 12.5. The van der Waals surface area contributed by atoms with Crippen molar-refractivity contribution in [2.45, 2.75) is 49.7 Å². The van der Waals surface area contributed by atoms with Crippen LogP contribution in [0.1, 0.15) is 40.0 Å². The molecule has 0 atom stereocenters. The largest absolute Gasteiger partial charge is 0.325 e. The number of hydrogen-bond acceptors (Lipinski definition) is 5. The van der Waals surface area contributed by atoms with Gasteiger partial charge in [-0.3, -0.25) is 4.79 Å². The molecule has 0 unspecified atom stereocenters. The number of nitrogens with zero attached hydrogens (tertiary/aromatic N) is 3. The summed E-state index contributed by atoms with van der Waals surface area (Å²) in [6.07, 6.45) is 2.92. The monoisotopic (exact) mass is 407 g/mol. The molecule has 1 fully saturated rings. The number of nitrogens with one attached hydrogen (secondary N) is 2. The molecule has 0 aliphatic heterocycles. The Morgan fingerprint density at radius 2 is 1.93 bits per heavy atom. The summed E-state index contributed by atoms with van der Waals surface area (Å²) in [5.41, 5.74) is 3.76. The molecule has 1 amide bonds. The van der Waals surface area contributed by atoms with Crippen molar-refractivity contribution in [3.05, 3.63) is 42.5 Å². The summed E-state index contributed by atoms with van der Waals surface area (Å²) in [7, 11) is 0. The maximum atomic E-state index is 12.5. The molecule has 0 saturated heterocycles. The van der Waals surface area contributed by atoms with Crippen LogP contribution in [-0.4, -0.2) is 31.3 Å². The minimum absolute atomic E-state index is 0.0417. The van der Waals surface area contributed by atoms with Crippen LogP contribution >= 0.6 is 11.8 Å². The molecule has 2 aromatic carbocycles. The highest BCUT2D eigenvalue weighted by molar-refractivity contribution is 8.00. The first-order valence-electron chi connectivity index (χ1n) is 9.85. The molecule has 3 aromatic rings. The lowest BCUT2D eigenvalue weighted by Crippen LogP contribution is -2.14. The van der Waals surface area contributed by atoms with E-state index >= 15 is 0 Å². The van der Waals surface area contributed by atoms with Crippen LogP contribution in [-0.2, 0) is 4.79 Å². The van der Waals surface area contributed by atoms with Crippen LogP contribution < -0.4 is 5.32 Å². The predicted octanol–water partition coefficient (Wildman–Crippen LogP) is 5.16. The van der Waals surface area contributed by atoms with Crippen LogP contribution in [0.25, 0.3) is 22.5 Å². The summed E-state index contributed by atoms with van der Waals surface area (Å²) >= 11 is 1.76. The fourth-order valence-electron chi connectivity index (χ4n) is 3.21. The number of anilines is 1. The Hall–Kier alpha value is -2.67. The Bertz CT molecular complexity index is 1010. The first-order valence-corrected chi connectivity index (χ1v) is 10.7. The van der Waals surface area contributed by atoms with Gasteiger partial charge in [0.05, 0.1) is 5.69 Å². The third-order valence-corrected chi connectivity index (χ3v) is 5.85. The molecule has 2 N–H and O–H groups in total. The van der Waals surface area contributed by atoms with Gasteiger partial charge in [-0.2, -0.15) is 5.21 Å². The molecule has 0 radical (unpaired) electrons. The molecule has 0 spiro atoms. The van der Waals surface area contributed by atoms with Crippen LogP contribution in [0.5, 0.6) is 0 Å². The SMILES string of the molecule is CC(C)(C)Sc1ccc(-c2ccccc2-c2nn[nH]n2)cc1NC(=O)CC1CC1. The van der Waals surface area contributed by atoms with Crippen molar-refractivity contribution < 1.29 is 4.79 Å². The van der Waals surface area contributed by atoms with Crippen LogP contribution in [0.2, 0.25) is 0 Å². The number of hydrogen-bond donors (Lipinski definition) is 2. The van der Waals surface area contributed by atoms with Gasteiger partial charge in [-0.15, -0.1) is 22.0 Å². The molecule has 150 valence electrons. The van der Waals surface area contributed by atoms with Gasteiger partial charge >= 0.3 is 0 Å². The van der Waals surface area contributed by atoms with E-state index in [-0.39, 0.29) is 10.7 Å². The lowest BCUT2D eigenvalue weighted by atomic mass is 9.99. The molecule has 7 heteroatoms. The zero-order valence-electron chi connectivity index (χ0n) is 16.9. The molecular formula is C22H25N5OS. The average molecular weight is 408 g/mol. The molecular weight excluding hydrogens is 382 g/mol. The molecule has 1 saturated carbocycles. The summed E-state index contributed by atoms with van der Waals surface area (Å²) in [6, 6.07) is 14.2. The number of rotatable bonds is 6. The third-order valence-electron chi connectivity index (χ3n) is 4.67. The molecule has 1 aliphatic rings. The van der Waals surface area contributed by atoms with Crippen molar-refractivity contribution in [1.82, 2.24) is 20.6 Å². The van der Waals surface area contributed by atoms with E-state index in [0.29, 0.717) is 18.2 Å². The van der Waals surface area contributed by atoms with E-state index in [1.807, 2.05) is 24.3 Å². The Morgan fingerprint density at radius 1 is 1.17 bits per heavy atom.